The first kappa shape index (κ1) is 16.4. The van der Waals surface area contributed by atoms with Crippen molar-refractivity contribution in [2.45, 2.75) is 12.8 Å². The molecule has 0 heterocycles. The number of ether oxygens (including phenoxy) is 1. The Morgan fingerprint density at radius 3 is 2.16 bits per heavy atom. The molecule has 0 aliphatic carbocycles. The molecule has 0 aliphatic heterocycles. The Kier molecular flexibility index (Phi) is 8.80. The molecule has 0 amide bonds. The largest absolute Gasteiger partial charge is 0.494 e. The molecular formula is C14H22Cl2N2O. The molecule has 0 fully saturated rings. The van der Waals surface area contributed by atoms with Crippen molar-refractivity contribution < 1.29 is 4.74 Å². The first-order valence-corrected chi connectivity index (χ1v) is 7.68. The Bertz CT molecular complexity index is 327. The van der Waals surface area contributed by atoms with Gasteiger partial charge in [0.25, 0.3) is 0 Å². The molecule has 1 aromatic rings. The lowest BCUT2D eigenvalue weighted by molar-refractivity contribution is 0.308. The third kappa shape index (κ3) is 6.37. The van der Waals surface area contributed by atoms with E-state index in [4.69, 9.17) is 33.7 Å². The summed E-state index contributed by atoms with van der Waals surface area (Å²) in [7, 11) is 0. The number of halogens is 2. The summed E-state index contributed by atoms with van der Waals surface area (Å²) >= 11 is 11.6. The van der Waals surface area contributed by atoms with Gasteiger partial charge in [-0.2, -0.15) is 0 Å². The van der Waals surface area contributed by atoms with Gasteiger partial charge >= 0.3 is 0 Å². The molecule has 0 spiro atoms. The van der Waals surface area contributed by atoms with Gasteiger partial charge in [-0.1, -0.05) is 0 Å². The summed E-state index contributed by atoms with van der Waals surface area (Å²) < 4.78 is 5.64. The van der Waals surface area contributed by atoms with Crippen molar-refractivity contribution in [3.8, 4) is 5.75 Å². The van der Waals surface area contributed by atoms with Gasteiger partial charge in [0.15, 0.2) is 0 Å². The van der Waals surface area contributed by atoms with Gasteiger partial charge in [-0.05, 0) is 43.7 Å². The fraction of sp³-hybridized carbons (Fsp3) is 0.571. The van der Waals surface area contributed by atoms with Gasteiger partial charge in [0, 0.05) is 30.5 Å². The molecule has 0 aromatic heterocycles. The molecule has 0 radical (unpaired) electrons. The van der Waals surface area contributed by atoms with Crippen molar-refractivity contribution in [2.75, 3.05) is 42.9 Å². The molecule has 0 bridgehead atoms. The third-order valence-electron chi connectivity index (χ3n) is 2.78. The second-order valence-electron chi connectivity index (χ2n) is 4.20. The molecule has 108 valence electrons. The smallest absolute Gasteiger partial charge is 0.119 e. The first-order chi connectivity index (χ1) is 9.31. The predicted molar refractivity (Wildman–Crippen MR) is 83.9 cm³/mol. The molecule has 3 nitrogen and oxygen atoms in total. The summed E-state index contributed by atoms with van der Waals surface area (Å²) in [6.45, 7) is 3.02. The van der Waals surface area contributed by atoms with Crippen LogP contribution in [0.25, 0.3) is 0 Å². The van der Waals surface area contributed by atoms with Crippen LogP contribution in [0.2, 0.25) is 0 Å². The van der Waals surface area contributed by atoms with Crippen LogP contribution in [-0.4, -0.2) is 38.0 Å². The first-order valence-electron chi connectivity index (χ1n) is 6.61. The number of hydrogen-bond acceptors (Lipinski definition) is 3. The zero-order valence-electron chi connectivity index (χ0n) is 11.2. The highest BCUT2D eigenvalue weighted by Gasteiger charge is 2.05. The Hall–Kier alpha value is -0.640. The maximum atomic E-state index is 5.79. The predicted octanol–water partition coefficient (Wildman–Crippen LogP) is 3.09. The summed E-state index contributed by atoms with van der Waals surface area (Å²) in [5.74, 6) is 2.07. The van der Waals surface area contributed by atoms with Gasteiger partial charge in [-0.15, -0.1) is 23.2 Å². The highest BCUT2D eigenvalue weighted by molar-refractivity contribution is 6.18. The molecule has 0 saturated heterocycles. The SMILES string of the molecule is NCCCCOc1ccc(N(CCCl)CCCl)cc1. The number of rotatable bonds is 10. The Balaban J connectivity index is 2.49. The number of unbranched alkanes of at least 4 members (excludes halogenated alkanes) is 1. The second-order valence-corrected chi connectivity index (χ2v) is 4.96. The maximum Gasteiger partial charge on any atom is 0.119 e. The summed E-state index contributed by atoms with van der Waals surface area (Å²) in [6.07, 6.45) is 1.99. The molecule has 19 heavy (non-hydrogen) atoms. The Morgan fingerprint density at radius 1 is 1.00 bits per heavy atom. The van der Waals surface area contributed by atoms with Gasteiger partial charge in [0.1, 0.15) is 5.75 Å². The van der Waals surface area contributed by atoms with Crippen molar-refractivity contribution in [1.82, 2.24) is 0 Å². The molecule has 0 aliphatic rings. The van der Waals surface area contributed by atoms with Gasteiger partial charge < -0.3 is 15.4 Å². The van der Waals surface area contributed by atoms with E-state index in [1.54, 1.807) is 0 Å². The third-order valence-corrected chi connectivity index (χ3v) is 3.12. The van der Waals surface area contributed by atoms with Crippen molar-refractivity contribution in [3.63, 3.8) is 0 Å². The molecule has 1 aromatic carbocycles. The number of benzene rings is 1. The molecule has 1 rings (SSSR count). The van der Waals surface area contributed by atoms with Gasteiger partial charge in [-0.25, -0.2) is 0 Å². The Labute approximate surface area is 125 Å². The van der Waals surface area contributed by atoms with E-state index in [1.807, 2.05) is 24.3 Å². The summed E-state index contributed by atoms with van der Waals surface area (Å²) in [5, 5.41) is 0. The lowest BCUT2D eigenvalue weighted by Gasteiger charge is -2.23. The minimum Gasteiger partial charge on any atom is -0.494 e. The molecular weight excluding hydrogens is 283 g/mol. The van der Waals surface area contributed by atoms with Crippen LogP contribution < -0.4 is 15.4 Å². The minimum absolute atomic E-state index is 0.591. The number of hydrogen-bond donors (Lipinski definition) is 1. The van der Waals surface area contributed by atoms with Crippen LogP contribution in [0.1, 0.15) is 12.8 Å². The van der Waals surface area contributed by atoms with Crippen LogP contribution in [-0.2, 0) is 0 Å². The summed E-state index contributed by atoms with van der Waals surface area (Å²) in [6, 6.07) is 8.04. The van der Waals surface area contributed by atoms with Crippen LogP contribution in [0.15, 0.2) is 24.3 Å². The fourth-order valence-corrected chi connectivity index (χ4v) is 2.17. The van der Waals surface area contributed by atoms with E-state index >= 15 is 0 Å². The molecule has 0 unspecified atom stereocenters. The molecule has 0 atom stereocenters. The zero-order chi connectivity index (χ0) is 13.9. The van der Waals surface area contributed by atoms with Crippen molar-refractivity contribution in [2.24, 2.45) is 5.73 Å². The van der Waals surface area contributed by atoms with E-state index in [1.165, 1.54) is 0 Å². The van der Waals surface area contributed by atoms with Gasteiger partial charge in [-0.3, -0.25) is 0 Å². The van der Waals surface area contributed by atoms with Gasteiger partial charge in [0.05, 0.1) is 6.61 Å². The van der Waals surface area contributed by atoms with Crippen LogP contribution in [0.4, 0.5) is 5.69 Å². The van der Waals surface area contributed by atoms with Crippen molar-refractivity contribution in [1.29, 1.82) is 0 Å². The van der Waals surface area contributed by atoms with Gasteiger partial charge in [0.2, 0.25) is 0 Å². The van der Waals surface area contributed by atoms with Crippen LogP contribution in [0.5, 0.6) is 5.75 Å². The second kappa shape index (κ2) is 10.2. The topological polar surface area (TPSA) is 38.5 Å². The fourth-order valence-electron chi connectivity index (χ4n) is 1.76. The molecule has 5 heteroatoms. The van der Waals surface area contributed by atoms with Crippen molar-refractivity contribution >= 4 is 28.9 Å². The highest BCUT2D eigenvalue weighted by atomic mass is 35.5. The normalized spacial score (nSPS) is 10.5. The molecule has 2 N–H and O–H groups in total. The van der Waals surface area contributed by atoms with E-state index in [0.29, 0.717) is 24.9 Å². The van der Waals surface area contributed by atoms with Crippen LogP contribution >= 0.6 is 23.2 Å². The minimum atomic E-state index is 0.591. The van der Waals surface area contributed by atoms with E-state index in [0.717, 1.165) is 37.4 Å². The summed E-state index contributed by atoms with van der Waals surface area (Å²) in [5.41, 5.74) is 6.56. The summed E-state index contributed by atoms with van der Waals surface area (Å²) in [4.78, 5) is 2.16. The average Bonchev–Trinajstić information content (AvgIpc) is 2.44. The molecule has 0 saturated carbocycles. The number of nitrogens with zero attached hydrogens (tertiary/aromatic N) is 1. The van der Waals surface area contributed by atoms with E-state index < -0.39 is 0 Å². The standard InChI is InChI=1S/C14H22Cl2N2O/c15-7-10-18(11-8-16)13-3-5-14(6-4-13)19-12-2-1-9-17/h3-6H,1-2,7-12,17H2. The van der Waals surface area contributed by atoms with Crippen LogP contribution in [0, 0.1) is 0 Å². The lowest BCUT2D eigenvalue weighted by Crippen LogP contribution is -2.27. The van der Waals surface area contributed by atoms with E-state index in [-0.39, 0.29) is 0 Å². The number of anilines is 1. The monoisotopic (exact) mass is 304 g/mol. The van der Waals surface area contributed by atoms with Crippen LogP contribution in [0.3, 0.4) is 0 Å². The van der Waals surface area contributed by atoms with E-state index in [9.17, 15) is 0 Å². The van der Waals surface area contributed by atoms with Crippen molar-refractivity contribution in [3.05, 3.63) is 24.3 Å². The number of alkyl halides is 2. The maximum absolute atomic E-state index is 5.79. The number of nitrogens with two attached hydrogens (primary N) is 1. The Morgan fingerprint density at radius 2 is 1.63 bits per heavy atom. The lowest BCUT2D eigenvalue weighted by atomic mass is 10.2. The highest BCUT2D eigenvalue weighted by Crippen LogP contribution is 2.19. The quantitative estimate of drug-likeness (QED) is 0.533. The zero-order valence-corrected chi connectivity index (χ0v) is 12.7. The van der Waals surface area contributed by atoms with E-state index in [2.05, 4.69) is 4.90 Å². The average molecular weight is 305 g/mol.